The number of hydrogen-bond acceptors (Lipinski definition) is 5. The van der Waals surface area contributed by atoms with Gasteiger partial charge in [-0.2, -0.15) is 0 Å². The minimum absolute atomic E-state index is 0.181. The van der Waals surface area contributed by atoms with Gasteiger partial charge in [0.25, 0.3) is 5.91 Å². The summed E-state index contributed by atoms with van der Waals surface area (Å²) in [6.07, 6.45) is 8.18. The van der Waals surface area contributed by atoms with Crippen molar-refractivity contribution in [3.05, 3.63) is 75.7 Å². The van der Waals surface area contributed by atoms with E-state index in [2.05, 4.69) is 10.3 Å². The number of carbonyl (C=O) groups excluding carboxylic acids is 2. The average Bonchev–Trinajstić information content (AvgIpc) is 2.91. The van der Waals surface area contributed by atoms with Gasteiger partial charge in [-0.15, -0.1) is 0 Å². The third-order valence-corrected chi connectivity index (χ3v) is 5.17. The number of benzene rings is 1. The number of rotatable bonds is 6. The van der Waals surface area contributed by atoms with Crippen LogP contribution < -0.4 is 10.1 Å². The number of nitrogens with zero attached hydrogens (tertiary/aromatic N) is 2. The molecule has 30 heavy (non-hydrogen) atoms. The number of ether oxygens (including phenoxy) is 1. The smallest absolute Gasteiger partial charge is 0.255 e. The van der Waals surface area contributed by atoms with Crippen LogP contribution in [0, 0.1) is 6.92 Å². The summed E-state index contributed by atoms with van der Waals surface area (Å²) < 4.78 is 5.67. The molecule has 1 aliphatic rings. The number of pyridine rings is 1. The van der Waals surface area contributed by atoms with Crippen molar-refractivity contribution in [2.24, 2.45) is 0 Å². The van der Waals surface area contributed by atoms with Crippen LogP contribution in [0.4, 0.5) is 0 Å². The lowest BCUT2D eigenvalue weighted by Crippen LogP contribution is -2.24. The van der Waals surface area contributed by atoms with Gasteiger partial charge < -0.3 is 15.0 Å². The Labute approximate surface area is 181 Å². The van der Waals surface area contributed by atoms with Gasteiger partial charge in [0.2, 0.25) is 0 Å². The maximum absolute atomic E-state index is 12.4. The van der Waals surface area contributed by atoms with Crippen molar-refractivity contribution >= 4 is 29.4 Å². The predicted molar refractivity (Wildman–Crippen MR) is 118 cm³/mol. The number of amides is 1. The van der Waals surface area contributed by atoms with Crippen LogP contribution in [0.3, 0.4) is 0 Å². The summed E-state index contributed by atoms with van der Waals surface area (Å²) in [4.78, 5) is 29.5. The molecule has 0 saturated heterocycles. The van der Waals surface area contributed by atoms with Crippen molar-refractivity contribution in [2.75, 3.05) is 27.2 Å². The van der Waals surface area contributed by atoms with Gasteiger partial charge in [-0.3, -0.25) is 14.6 Å². The monoisotopic (exact) mass is 425 g/mol. The first-order chi connectivity index (χ1) is 14.4. The number of nitrogens with one attached hydrogen (secondary N) is 1. The molecule has 1 aromatic heterocycles. The van der Waals surface area contributed by atoms with Crippen LogP contribution in [0.15, 0.2) is 42.7 Å². The van der Waals surface area contributed by atoms with Gasteiger partial charge >= 0.3 is 0 Å². The molecule has 3 rings (SSSR count). The Morgan fingerprint density at radius 2 is 2.17 bits per heavy atom. The van der Waals surface area contributed by atoms with Crippen molar-refractivity contribution in [3.63, 3.8) is 0 Å². The first-order valence-corrected chi connectivity index (χ1v) is 9.97. The number of aromatic nitrogens is 1. The van der Waals surface area contributed by atoms with Gasteiger partial charge in [0.1, 0.15) is 12.9 Å². The maximum atomic E-state index is 12.4. The molecule has 2 aromatic rings. The summed E-state index contributed by atoms with van der Waals surface area (Å²) in [5.41, 5.74) is 4.86. The van der Waals surface area contributed by atoms with E-state index in [-0.39, 0.29) is 5.91 Å². The van der Waals surface area contributed by atoms with Crippen LogP contribution in [-0.2, 0) is 11.2 Å². The number of halogens is 1. The minimum Gasteiger partial charge on any atom is -0.489 e. The normalized spacial score (nSPS) is 14.0. The number of allylic oxidation sites excluding steroid dienone is 3. The third-order valence-electron chi connectivity index (χ3n) is 4.72. The second kappa shape index (κ2) is 9.59. The van der Waals surface area contributed by atoms with E-state index in [1.807, 2.05) is 50.3 Å². The molecule has 7 heteroatoms. The molecule has 0 radical (unpaired) electrons. The number of aldehydes is 1. The fourth-order valence-electron chi connectivity index (χ4n) is 3.22. The van der Waals surface area contributed by atoms with Gasteiger partial charge in [-0.1, -0.05) is 17.7 Å². The summed E-state index contributed by atoms with van der Waals surface area (Å²) in [6, 6.07) is 5.74. The van der Waals surface area contributed by atoms with Crippen LogP contribution in [0.5, 0.6) is 5.75 Å². The molecule has 0 fully saturated rings. The fraction of sp³-hybridized carbons (Fsp3) is 0.261. The molecular formula is C23H24ClN3O3. The van der Waals surface area contributed by atoms with E-state index in [4.69, 9.17) is 16.3 Å². The zero-order valence-corrected chi connectivity index (χ0v) is 18.0. The summed E-state index contributed by atoms with van der Waals surface area (Å²) in [5.74, 6) is 0.265. The van der Waals surface area contributed by atoms with E-state index < -0.39 is 0 Å². The molecule has 1 aliphatic heterocycles. The molecule has 1 N–H and O–H groups in total. The molecule has 156 valence electrons. The quantitative estimate of drug-likeness (QED) is 0.436. The number of carbonyl (C=O) groups is 2. The predicted octanol–water partition coefficient (Wildman–Crippen LogP) is 3.41. The average molecular weight is 426 g/mol. The molecule has 0 aliphatic carbocycles. The molecule has 0 unspecified atom stereocenters. The Bertz CT molecular complexity index is 1010. The highest BCUT2D eigenvalue weighted by molar-refractivity contribution is 6.33. The largest absolute Gasteiger partial charge is 0.489 e. The lowest BCUT2D eigenvalue weighted by Gasteiger charge is -2.15. The van der Waals surface area contributed by atoms with Crippen LogP contribution in [0.25, 0.3) is 5.57 Å². The van der Waals surface area contributed by atoms with E-state index in [0.717, 1.165) is 34.2 Å². The first kappa shape index (κ1) is 21.6. The van der Waals surface area contributed by atoms with Crippen molar-refractivity contribution in [3.8, 4) is 5.75 Å². The fourth-order valence-corrected chi connectivity index (χ4v) is 3.50. The SMILES string of the molecule is Cc1c(Cc2ccc(C(/C=C\C=O)=C/N(C)C)nc2)cc2c(c1Cl)OCCNC2=O. The van der Waals surface area contributed by atoms with Gasteiger partial charge in [-0.25, -0.2) is 0 Å². The Morgan fingerprint density at radius 1 is 1.37 bits per heavy atom. The van der Waals surface area contributed by atoms with E-state index in [1.165, 1.54) is 6.08 Å². The highest BCUT2D eigenvalue weighted by atomic mass is 35.5. The molecule has 1 aromatic carbocycles. The molecule has 0 atom stereocenters. The van der Waals surface area contributed by atoms with Crippen LogP contribution in [-0.4, -0.2) is 49.3 Å². The van der Waals surface area contributed by atoms with Crippen LogP contribution >= 0.6 is 11.6 Å². The first-order valence-electron chi connectivity index (χ1n) is 9.59. The van der Waals surface area contributed by atoms with Gasteiger partial charge in [-0.05, 0) is 54.3 Å². The van der Waals surface area contributed by atoms with Crippen LogP contribution in [0.1, 0.15) is 32.7 Å². The maximum Gasteiger partial charge on any atom is 0.255 e. The summed E-state index contributed by atoms with van der Waals surface area (Å²) >= 11 is 6.52. The summed E-state index contributed by atoms with van der Waals surface area (Å²) in [5, 5.41) is 3.29. The van der Waals surface area contributed by atoms with Gasteiger partial charge in [0, 0.05) is 32.1 Å². The third kappa shape index (κ3) is 4.89. The second-order valence-electron chi connectivity index (χ2n) is 7.23. The topological polar surface area (TPSA) is 71.5 Å². The van der Waals surface area contributed by atoms with Crippen molar-refractivity contribution < 1.29 is 14.3 Å². The Hall–Kier alpha value is -3.12. The number of fused-ring (bicyclic) bond motifs is 1. The van der Waals surface area contributed by atoms with E-state index in [1.54, 1.807) is 12.3 Å². The van der Waals surface area contributed by atoms with E-state index in [9.17, 15) is 9.59 Å². The molecule has 2 heterocycles. The van der Waals surface area contributed by atoms with Crippen molar-refractivity contribution in [1.82, 2.24) is 15.2 Å². The Balaban J connectivity index is 1.90. The second-order valence-corrected chi connectivity index (χ2v) is 7.61. The standard InChI is InChI=1S/C23H24ClN3O3/c1-15-18(12-19-22(21(15)24)30-10-8-25-23(19)29)11-16-6-7-20(26-13-16)17(5-4-9-28)14-27(2)3/h4-7,9,12-14H,8,10-11H2,1-3H3,(H,25,29)/b5-4-,17-14+. The van der Waals surface area contributed by atoms with Crippen molar-refractivity contribution in [1.29, 1.82) is 0 Å². The molecule has 0 saturated carbocycles. The molecule has 1 amide bonds. The zero-order valence-electron chi connectivity index (χ0n) is 17.2. The molecular weight excluding hydrogens is 402 g/mol. The Morgan fingerprint density at radius 3 is 2.83 bits per heavy atom. The lowest BCUT2D eigenvalue weighted by molar-refractivity contribution is -0.104. The van der Waals surface area contributed by atoms with E-state index >= 15 is 0 Å². The highest BCUT2D eigenvalue weighted by Gasteiger charge is 2.22. The van der Waals surface area contributed by atoms with E-state index in [0.29, 0.717) is 35.9 Å². The van der Waals surface area contributed by atoms with Crippen LogP contribution in [0.2, 0.25) is 5.02 Å². The Kier molecular flexibility index (Phi) is 6.90. The lowest BCUT2D eigenvalue weighted by atomic mass is 9.97. The zero-order chi connectivity index (χ0) is 21.7. The summed E-state index contributed by atoms with van der Waals surface area (Å²) in [6.45, 7) is 2.77. The molecule has 0 spiro atoms. The highest BCUT2D eigenvalue weighted by Crippen LogP contribution is 2.36. The van der Waals surface area contributed by atoms with Gasteiger partial charge in [0.05, 0.1) is 22.8 Å². The molecule has 6 nitrogen and oxygen atoms in total. The molecule has 0 bridgehead atoms. The van der Waals surface area contributed by atoms with Gasteiger partial charge in [0.15, 0.2) is 5.75 Å². The van der Waals surface area contributed by atoms with Crippen molar-refractivity contribution in [2.45, 2.75) is 13.3 Å². The number of hydrogen-bond donors (Lipinski definition) is 1. The minimum atomic E-state index is -0.181. The summed E-state index contributed by atoms with van der Waals surface area (Å²) in [7, 11) is 3.82.